The van der Waals surface area contributed by atoms with Gasteiger partial charge in [-0.3, -0.25) is 0 Å². The molecule has 0 aliphatic carbocycles. The van der Waals surface area contributed by atoms with E-state index in [2.05, 4.69) is 33.5 Å². The first kappa shape index (κ1) is 28.5. The SMILES string of the molecule is CCOS(=O)(=O)OC(OS(=O)(=O)OCC)(OS(=O)(=O)OCC)OS(=O)(=O)OCC. The van der Waals surface area contributed by atoms with Crippen LogP contribution in [0.5, 0.6) is 0 Å². The quantitative estimate of drug-likeness (QED) is 0.222. The molecule has 0 radical (unpaired) electrons. The van der Waals surface area contributed by atoms with Crippen LogP contribution in [0.2, 0.25) is 0 Å². The summed E-state index contributed by atoms with van der Waals surface area (Å²) in [7, 11) is -21.5. The molecule has 29 heavy (non-hydrogen) atoms. The molecule has 176 valence electrons. The predicted octanol–water partition coefficient (Wildman–Crippen LogP) is -1.21. The van der Waals surface area contributed by atoms with Crippen molar-refractivity contribution in [3.63, 3.8) is 0 Å². The van der Waals surface area contributed by atoms with Crippen molar-refractivity contribution >= 4 is 41.6 Å². The Hall–Kier alpha value is -0.520. The molecule has 0 heterocycles. The van der Waals surface area contributed by atoms with E-state index in [1.165, 1.54) is 0 Å². The zero-order chi connectivity index (χ0) is 23.0. The third-order valence-electron chi connectivity index (χ3n) is 1.87. The Labute approximate surface area is 169 Å². The standard InChI is InChI=1S/C9H20O16S4/c1-5-18-26(10,11)22-9(23-27(12,13)19-6-2,24-28(14,15)20-7-3)25-29(16,17)21-8-4/h5-8H2,1-4H3. The van der Waals surface area contributed by atoms with Gasteiger partial charge in [0.05, 0.1) is 26.4 Å². The first-order chi connectivity index (χ1) is 13.1. The molecule has 0 atom stereocenters. The molecule has 0 N–H and O–H groups in total. The second-order valence-corrected chi connectivity index (χ2v) is 8.97. The van der Waals surface area contributed by atoms with Crippen LogP contribution < -0.4 is 0 Å². The number of hydrogen-bond donors (Lipinski definition) is 0. The molecule has 20 heteroatoms. The highest BCUT2D eigenvalue weighted by atomic mass is 32.3. The summed E-state index contributed by atoms with van der Waals surface area (Å²) in [5, 5.41) is 0. The van der Waals surface area contributed by atoms with Crippen LogP contribution in [-0.2, 0) is 75.1 Å². The summed E-state index contributed by atoms with van der Waals surface area (Å²) in [5.41, 5.74) is 0. The average Bonchev–Trinajstić information content (AvgIpc) is 2.43. The summed E-state index contributed by atoms with van der Waals surface area (Å²) in [5.74, 6) is 0. The van der Waals surface area contributed by atoms with Gasteiger partial charge in [-0.2, -0.15) is 50.4 Å². The molecule has 0 fully saturated rings. The Morgan fingerprint density at radius 2 is 0.621 bits per heavy atom. The van der Waals surface area contributed by atoms with Crippen LogP contribution in [0.4, 0.5) is 0 Å². The van der Waals surface area contributed by atoms with Gasteiger partial charge in [0.2, 0.25) is 0 Å². The van der Waals surface area contributed by atoms with Gasteiger partial charge in [0.25, 0.3) is 0 Å². The van der Waals surface area contributed by atoms with E-state index in [-0.39, 0.29) is 0 Å². The minimum absolute atomic E-state index is 0.618. The van der Waals surface area contributed by atoms with Gasteiger partial charge in [-0.05, 0) is 27.7 Å². The lowest BCUT2D eigenvalue weighted by molar-refractivity contribution is -0.369. The van der Waals surface area contributed by atoms with Gasteiger partial charge >= 0.3 is 47.8 Å². The molecule has 0 unspecified atom stereocenters. The molecule has 0 amide bonds. The Kier molecular flexibility index (Phi) is 11.0. The molecule has 0 saturated heterocycles. The van der Waals surface area contributed by atoms with E-state index in [1.807, 2.05) is 0 Å². The van der Waals surface area contributed by atoms with Crippen LogP contribution in [0.3, 0.4) is 0 Å². The lowest BCUT2D eigenvalue weighted by atomic mass is 10.9. The van der Waals surface area contributed by atoms with Gasteiger partial charge in [0.1, 0.15) is 0 Å². The zero-order valence-electron chi connectivity index (χ0n) is 15.5. The summed E-state index contributed by atoms with van der Waals surface area (Å²) in [6, 6.07) is 0. The largest absolute Gasteiger partial charge is 0.477 e. The predicted molar refractivity (Wildman–Crippen MR) is 89.3 cm³/mol. The molecule has 16 nitrogen and oxygen atoms in total. The number of hydrogen-bond acceptors (Lipinski definition) is 16. The molecular weight excluding hydrogens is 492 g/mol. The summed E-state index contributed by atoms with van der Waals surface area (Å²) >= 11 is 0. The fourth-order valence-electron chi connectivity index (χ4n) is 1.26. The topological polar surface area (TPSA) is 210 Å². The fraction of sp³-hybridized carbons (Fsp3) is 1.00. The molecule has 0 aliphatic rings. The highest BCUT2D eigenvalue weighted by Crippen LogP contribution is 2.29. The van der Waals surface area contributed by atoms with E-state index in [0.717, 1.165) is 27.7 Å². The van der Waals surface area contributed by atoms with Crippen molar-refractivity contribution in [2.45, 2.75) is 33.9 Å². The lowest BCUT2D eigenvalue weighted by Crippen LogP contribution is -2.49. The molecular formula is C9H20O16S4. The minimum atomic E-state index is -5.39. The maximum absolute atomic E-state index is 11.8. The highest BCUT2D eigenvalue weighted by molar-refractivity contribution is 7.84. The van der Waals surface area contributed by atoms with Crippen LogP contribution in [0, 0.1) is 0 Å². The maximum atomic E-state index is 11.8. The monoisotopic (exact) mass is 512 g/mol. The van der Waals surface area contributed by atoms with Crippen LogP contribution >= 0.6 is 0 Å². The third-order valence-corrected chi connectivity index (χ3v) is 5.60. The summed E-state index contributed by atoms with van der Waals surface area (Å²) in [6.45, 7) is 2.07. The van der Waals surface area contributed by atoms with E-state index in [0.29, 0.717) is 0 Å². The summed E-state index contributed by atoms with van der Waals surface area (Å²) < 4.78 is 127. The molecule has 0 spiro atoms. The first-order valence-corrected chi connectivity index (χ1v) is 12.8. The second kappa shape index (κ2) is 11.2. The van der Waals surface area contributed by atoms with Gasteiger partial charge in [-0.25, -0.2) is 16.7 Å². The van der Waals surface area contributed by atoms with E-state index >= 15 is 0 Å². The van der Waals surface area contributed by atoms with Crippen molar-refractivity contribution in [1.82, 2.24) is 0 Å². The van der Waals surface area contributed by atoms with Gasteiger partial charge < -0.3 is 0 Å². The minimum Gasteiger partial charge on any atom is -0.248 e. The molecule has 0 rings (SSSR count). The van der Waals surface area contributed by atoms with Crippen molar-refractivity contribution in [1.29, 1.82) is 0 Å². The van der Waals surface area contributed by atoms with E-state index in [1.54, 1.807) is 0 Å². The summed E-state index contributed by atoms with van der Waals surface area (Å²) in [4.78, 5) is 0. The van der Waals surface area contributed by atoms with Gasteiger partial charge in [0.15, 0.2) is 0 Å². The van der Waals surface area contributed by atoms with Gasteiger partial charge in [0, 0.05) is 0 Å². The van der Waals surface area contributed by atoms with Gasteiger partial charge in [-0.1, -0.05) is 0 Å². The maximum Gasteiger partial charge on any atom is 0.477 e. The highest BCUT2D eigenvalue weighted by Gasteiger charge is 2.55. The van der Waals surface area contributed by atoms with Crippen molar-refractivity contribution in [3.8, 4) is 0 Å². The van der Waals surface area contributed by atoms with Crippen molar-refractivity contribution in [2.24, 2.45) is 0 Å². The molecule has 0 aromatic rings. The molecule has 0 aromatic carbocycles. The molecule has 0 aliphatic heterocycles. The normalized spacial score (nSPS) is 14.2. The van der Waals surface area contributed by atoms with Crippen LogP contribution in [0.15, 0.2) is 0 Å². The fourth-order valence-corrected chi connectivity index (χ4v) is 4.27. The van der Waals surface area contributed by atoms with E-state index in [9.17, 15) is 33.7 Å². The van der Waals surface area contributed by atoms with Crippen molar-refractivity contribution < 1.29 is 67.1 Å². The Morgan fingerprint density at radius 3 is 0.759 bits per heavy atom. The molecule has 0 aromatic heterocycles. The third kappa shape index (κ3) is 11.4. The van der Waals surface area contributed by atoms with Crippen molar-refractivity contribution in [2.75, 3.05) is 26.4 Å². The van der Waals surface area contributed by atoms with Gasteiger partial charge in [-0.15, -0.1) is 0 Å². The van der Waals surface area contributed by atoms with E-state index < -0.39 is 74.2 Å². The lowest BCUT2D eigenvalue weighted by Gasteiger charge is -2.27. The van der Waals surface area contributed by atoms with Crippen LogP contribution in [-0.4, -0.2) is 66.3 Å². The second-order valence-electron chi connectivity index (χ2n) is 4.09. The zero-order valence-corrected chi connectivity index (χ0v) is 18.8. The van der Waals surface area contributed by atoms with E-state index in [4.69, 9.17) is 0 Å². The number of rotatable bonds is 16. The average molecular weight is 513 g/mol. The Bertz CT molecular complexity index is 757. The Morgan fingerprint density at radius 1 is 0.448 bits per heavy atom. The smallest absolute Gasteiger partial charge is 0.248 e. The van der Waals surface area contributed by atoms with Crippen molar-refractivity contribution in [3.05, 3.63) is 0 Å². The van der Waals surface area contributed by atoms with Crippen LogP contribution in [0.1, 0.15) is 27.7 Å². The van der Waals surface area contributed by atoms with Crippen LogP contribution in [0.25, 0.3) is 0 Å². The summed E-state index contributed by atoms with van der Waals surface area (Å²) in [6.07, 6.45) is -4.41. The first-order valence-electron chi connectivity index (χ1n) is 7.47. The Balaban J connectivity index is 6.58. The molecule has 0 bridgehead atoms. The molecule has 0 saturated carbocycles.